The second kappa shape index (κ2) is 7.00. The summed E-state index contributed by atoms with van der Waals surface area (Å²) < 4.78 is 3.39. The van der Waals surface area contributed by atoms with Crippen LogP contribution in [0, 0.1) is 0 Å². The summed E-state index contributed by atoms with van der Waals surface area (Å²) in [4.78, 5) is 31.1. The first kappa shape index (κ1) is 16.9. The summed E-state index contributed by atoms with van der Waals surface area (Å²) in [6.07, 6.45) is 5.46. The number of amides is 1. The maximum absolute atomic E-state index is 13.0. The third-order valence-electron chi connectivity index (χ3n) is 4.65. The predicted octanol–water partition coefficient (Wildman–Crippen LogP) is 0.965. The molecule has 0 aliphatic carbocycles. The SMILES string of the molecule is O=C(c1cc(=O)nc2sccn12)N1CCCC(c2ccn(CCO)n2)C1. The number of hydrogen-bond donors (Lipinski definition) is 1. The molecule has 26 heavy (non-hydrogen) atoms. The van der Waals surface area contributed by atoms with Gasteiger partial charge < -0.3 is 10.0 Å². The number of thiazole rings is 1. The molecule has 1 fully saturated rings. The zero-order chi connectivity index (χ0) is 18.1. The molecule has 4 heterocycles. The molecule has 1 amide bonds. The molecule has 3 aromatic heterocycles. The Morgan fingerprint density at radius 1 is 1.38 bits per heavy atom. The van der Waals surface area contributed by atoms with Gasteiger partial charge in [0.2, 0.25) is 0 Å². The second-order valence-electron chi connectivity index (χ2n) is 6.35. The van der Waals surface area contributed by atoms with Gasteiger partial charge in [0.15, 0.2) is 4.96 Å². The normalized spacial score (nSPS) is 17.7. The number of aliphatic hydroxyl groups is 1. The van der Waals surface area contributed by atoms with Crippen molar-refractivity contribution in [1.29, 1.82) is 0 Å². The number of aromatic nitrogens is 4. The van der Waals surface area contributed by atoms with Gasteiger partial charge in [-0.3, -0.25) is 18.7 Å². The van der Waals surface area contributed by atoms with E-state index < -0.39 is 5.56 Å². The maximum Gasteiger partial charge on any atom is 0.274 e. The van der Waals surface area contributed by atoms with Gasteiger partial charge in [0.25, 0.3) is 11.5 Å². The molecule has 1 saturated heterocycles. The molecule has 9 heteroatoms. The van der Waals surface area contributed by atoms with Gasteiger partial charge in [-0.1, -0.05) is 0 Å². The lowest BCUT2D eigenvalue weighted by Gasteiger charge is -2.32. The molecular weight excluding hydrogens is 354 g/mol. The van der Waals surface area contributed by atoms with E-state index in [1.54, 1.807) is 20.2 Å². The van der Waals surface area contributed by atoms with Crippen molar-refractivity contribution in [3.8, 4) is 0 Å². The highest BCUT2D eigenvalue weighted by Gasteiger charge is 2.28. The Morgan fingerprint density at radius 3 is 3.12 bits per heavy atom. The van der Waals surface area contributed by atoms with E-state index in [1.807, 2.05) is 17.6 Å². The van der Waals surface area contributed by atoms with Crippen LogP contribution < -0.4 is 5.56 Å². The fourth-order valence-electron chi connectivity index (χ4n) is 3.40. The average Bonchev–Trinajstić information content (AvgIpc) is 3.30. The Balaban J connectivity index is 1.57. The molecule has 0 saturated carbocycles. The van der Waals surface area contributed by atoms with Crippen LogP contribution in [0.2, 0.25) is 0 Å². The summed E-state index contributed by atoms with van der Waals surface area (Å²) in [6.45, 7) is 1.74. The Morgan fingerprint density at radius 2 is 2.27 bits per heavy atom. The zero-order valence-corrected chi connectivity index (χ0v) is 14.9. The van der Waals surface area contributed by atoms with Crippen molar-refractivity contribution >= 4 is 22.2 Å². The number of carbonyl (C=O) groups excluding carboxylic acids is 1. The van der Waals surface area contributed by atoms with Gasteiger partial charge in [0.05, 0.1) is 18.8 Å². The number of aliphatic hydroxyl groups excluding tert-OH is 1. The predicted molar refractivity (Wildman–Crippen MR) is 96.5 cm³/mol. The smallest absolute Gasteiger partial charge is 0.274 e. The van der Waals surface area contributed by atoms with Crippen LogP contribution in [-0.4, -0.2) is 54.8 Å². The molecule has 1 aliphatic heterocycles. The number of rotatable bonds is 4. The zero-order valence-electron chi connectivity index (χ0n) is 14.1. The molecule has 3 aromatic rings. The summed E-state index contributed by atoms with van der Waals surface area (Å²) in [6, 6.07) is 3.25. The third kappa shape index (κ3) is 3.15. The molecule has 136 valence electrons. The Hall–Kier alpha value is -2.52. The highest BCUT2D eigenvalue weighted by atomic mass is 32.1. The number of nitrogens with zero attached hydrogens (tertiary/aromatic N) is 5. The van der Waals surface area contributed by atoms with E-state index in [1.165, 1.54) is 17.4 Å². The quantitative estimate of drug-likeness (QED) is 0.735. The van der Waals surface area contributed by atoms with Crippen molar-refractivity contribution in [1.82, 2.24) is 24.1 Å². The summed E-state index contributed by atoms with van der Waals surface area (Å²) >= 11 is 1.33. The lowest BCUT2D eigenvalue weighted by Crippen LogP contribution is -2.40. The summed E-state index contributed by atoms with van der Waals surface area (Å²) in [5, 5.41) is 15.3. The van der Waals surface area contributed by atoms with Crippen molar-refractivity contribution in [2.75, 3.05) is 19.7 Å². The van der Waals surface area contributed by atoms with Gasteiger partial charge in [-0.25, -0.2) is 0 Å². The number of carbonyl (C=O) groups is 1. The summed E-state index contributed by atoms with van der Waals surface area (Å²) in [7, 11) is 0. The fourth-order valence-corrected chi connectivity index (χ4v) is 4.12. The highest BCUT2D eigenvalue weighted by Crippen LogP contribution is 2.26. The minimum atomic E-state index is -0.396. The van der Waals surface area contributed by atoms with Crippen LogP contribution in [0.5, 0.6) is 0 Å². The molecule has 4 rings (SSSR count). The van der Waals surface area contributed by atoms with Crippen molar-refractivity contribution < 1.29 is 9.90 Å². The molecule has 0 aromatic carbocycles. The van der Waals surface area contributed by atoms with Crippen LogP contribution in [-0.2, 0) is 6.54 Å². The molecule has 1 unspecified atom stereocenters. The van der Waals surface area contributed by atoms with Gasteiger partial charge in [0.1, 0.15) is 5.69 Å². The van der Waals surface area contributed by atoms with Crippen molar-refractivity contribution in [2.45, 2.75) is 25.3 Å². The average molecular weight is 373 g/mol. The highest BCUT2D eigenvalue weighted by molar-refractivity contribution is 7.15. The second-order valence-corrected chi connectivity index (χ2v) is 7.23. The van der Waals surface area contributed by atoms with Crippen LogP contribution in [0.1, 0.15) is 34.9 Å². The van der Waals surface area contributed by atoms with Crippen LogP contribution in [0.4, 0.5) is 0 Å². The maximum atomic E-state index is 13.0. The van der Waals surface area contributed by atoms with Gasteiger partial charge in [-0.2, -0.15) is 10.1 Å². The van der Waals surface area contributed by atoms with Crippen LogP contribution in [0.25, 0.3) is 4.96 Å². The third-order valence-corrected chi connectivity index (χ3v) is 5.41. The lowest BCUT2D eigenvalue weighted by atomic mass is 9.95. The van der Waals surface area contributed by atoms with Crippen LogP contribution in [0.3, 0.4) is 0 Å². The van der Waals surface area contributed by atoms with Crippen molar-refractivity contribution in [3.05, 3.63) is 51.6 Å². The van der Waals surface area contributed by atoms with Gasteiger partial charge in [-0.05, 0) is 18.9 Å². The molecule has 1 atom stereocenters. The van der Waals surface area contributed by atoms with E-state index in [4.69, 9.17) is 5.11 Å². The molecule has 1 N–H and O–H groups in total. The largest absolute Gasteiger partial charge is 0.394 e. The Kier molecular flexibility index (Phi) is 4.56. The molecule has 1 aliphatic rings. The molecule has 0 bridgehead atoms. The fraction of sp³-hybridized carbons (Fsp3) is 0.412. The standard InChI is InChI=1S/C17H19N5O3S/c23-8-6-21-5-3-13(19-21)12-2-1-4-20(11-12)16(25)14-10-15(24)18-17-22(14)7-9-26-17/h3,5,7,9-10,12,23H,1-2,4,6,8,11H2. The first-order valence-corrected chi connectivity index (χ1v) is 9.44. The van der Waals surface area contributed by atoms with Crippen LogP contribution >= 0.6 is 11.3 Å². The van der Waals surface area contributed by atoms with E-state index in [2.05, 4.69) is 10.1 Å². The van der Waals surface area contributed by atoms with E-state index in [0.29, 0.717) is 30.3 Å². The van der Waals surface area contributed by atoms with Gasteiger partial charge in [-0.15, -0.1) is 11.3 Å². The van der Waals surface area contributed by atoms with Crippen LogP contribution in [0.15, 0.2) is 34.7 Å². The van der Waals surface area contributed by atoms with Crippen molar-refractivity contribution in [3.63, 3.8) is 0 Å². The molecule has 0 radical (unpaired) electrons. The van der Waals surface area contributed by atoms with E-state index in [-0.39, 0.29) is 18.4 Å². The van der Waals surface area contributed by atoms with E-state index in [9.17, 15) is 9.59 Å². The first-order chi connectivity index (χ1) is 12.7. The van der Waals surface area contributed by atoms with E-state index >= 15 is 0 Å². The summed E-state index contributed by atoms with van der Waals surface area (Å²) in [5.74, 6) is 0.00144. The molecule has 0 spiro atoms. The lowest BCUT2D eigenvalue weighted by molar-refractivity contribution is 0.0698. The first-order valence-electron chi connectivity index (χ1n) is 8.56. The number of fused-ring (bicyclic) bond motifs is 1. The Labute approximate surface area is 153 Å². The molecule has 8 nitrogen and oxygen atoms in total. The minimum Gasteiger partial charge on any atom is -0.394 e. The number of hydrogen-bond acceptors (Lipinski definition) is 6. The van der Waals surface area contributed by atoms with Crippen molar-refractivity contribution in [2.24, 2.45) is 0 Å². The monoisotopic (exact) mass is 373 g/mol. The van der Waals surface area contributed by atoms with Gasteiger partial charge in [0, 0.05) is 42.8 Å². The van der Waals surface area contributed by atoms with E-state index in [0.717, 1.165) is 18.5 Å². The van der Waals surface area contributed by atoms with Gasteiger partial charge >= 0.3 is 0 Å². The Bertz CT molecular complexity index is 992. The number of piperidine rings is 1. The summed E-state index contributed by atoms with van der Waals surface area (Å²) in [5.41, 5.74) is 0.892. The molecular formula is C17H19N5O3S. The minimum absolute atomic E-state index is 0.0455. The number of likely N-dealkylation sites (tertiary alicyclic amines) is 1. The topological polar surface area (TPSA) is 92.7 Å².